The maximum absolute atomic E-state index is 13.9. The van der Waals surface area contributed by atoms with Crippen LogP contribution in [0.25, 0.3) is 0 Å². The summed E-state index contributed by atoms with van der Waals surface area (Å²) in [7, 11) is 0.215. The molecule has 0 radical (unpaired) electrons. The first-order valence-corrected chi connectivity index (χ1v) is 34.2. The number of amides is 4. The quantitative estimate of drug-likeness (QED) is 0.0391. The number of sulfonamides is 2. The second-order valence-corrected chi connectivity index (χ2v) is 29.0. The molecule has 486 valence electrons. The van der Waals surface area contributed by atoms with Gasteiger partial charge in [-0.1, -0.05) is 23.2 Å². The fraction of sp³-hybridized carbons (Fsp3) is 0.424. The molecule has 2 aliphatic heterocycles. The average Bonchev–Trinajstić information content (AvgIpc) is 1.60. The number of hydrogen-bond donors (Lipinski definition) is 4. The Bertz CT molecular complexity index is 3780. The molecule has 4 heterocycles. The summed E-state index contributed by atoms with van der Waals surface area (Å²) in [4.78, 5) is 38.5. The summed E-state index contributed by atoms with van der Waals surface area (Å²) >= 11 is 12.8. The van der Waals surface area contributed by atoms with E-state index in [-0.39, 0.29) is 58.9 Å². The molecule has 0 saturated carbocycles. The van der Waals surface area contributed by atoms with Crippen LogP contribution in [-0.2, 0) is 46.0 Å². The molecule has 4 aliphatic rings. The van der Waals surface area contributed by atoms with Gasteiger partial charge in [0, 0.05) is 85.7 Å². The van der Waals surface area contributed by atoms with Crippen molar-refractivity contribution in [3.05, 3.63) is 163 Å². The number of hydrogen-bond acceptors (Lipinski definition) is 16. The van der Waals surface area contributed by atoms with Crippen molar-refractivity contribution in [1.29, 1.82) is 10.5 Å². The van der Waals surface area contributed by atoms with E-state index in [2.05, 4.69) is 53.2 Å². The lowest BCUT2D eigenvalue weighted by molar-refractivity contribution is 0.110. The molecular weight excluding hydrogens is 1260 g/mol. The third-order valence-electron chi connectivity index (χ3n) is 17.4. The molecule has 2 aliphatic carbocycles. The zero-order valence-electron chi connectivity index (χ0n) is 52.2. The Kier molecular flexibility index (Phi) is 21.5. The number of carbonyl (C=O) groups is 2. The summed E-state index contributed by atoms with van der Waals surface area (Å²) in [5, 5.41) is 31.7. The molecule has 92 heavy (non-hydrogen) atoms. The summed E-state index contributed by atoms with van der Waals surface area (Å²) in [5.41, 5.74) is 7.06. The van der Waals surface area contributed by atoms with Crippen LogP contribution in [0.1, 0.15) is 93.8 Å². The molecule has 2 aromatic heterocycles. The Balaban J connectivity index is 0.586. The van der Waals surface area contributed by atoms with Crippen molar-refractivity contribution >= 4 is 55.3 Å². The Morgan fingerprint density at radius 2 is 1.01 bits per heavy atom. The maximum atomic E-state index is 13.9. The van der Waals surface area contributed by atoms with Crippen LogP contribution in [0.15, 0.2) is 107 Å². The summed E-state index contributed by atoms with van der Waals surface area (Å²) in [6, 6.07) is 27.4. The number of nitrogens with one attached hydrogen (secondary N) is 4. The van der Waals surface area contributed by atoms with Crippen molar-refractivity contribution in [3.63, 3.8) is 0 Å². The third-order valence-corrected chi connectivity index (χ3v) is 21.5. The van der Waals surface area contributed by atoms with Gasteiger partial charge in [0.1, 0.15) is 35.2 Å². The van der Waals surface area contributed by atoms with Gasteiger partial charge in [0.15, 0.2) is 0 Å². The summed E-state index contributed by atoms with van der Waals surface area (Å²) < 4.78 is 84.0. The highest BCUT2D eigenvalue weighted by atomic mass is 35.5. The van der Waals surface area contributed by atoms with Gasteiger partial charge < -0.3 is 50.0 Å². The molecule has 0 bridgehead atoms. The van der Waals surface area contributed by atoms with Crippen molar-refractivity contribution < 1.29 is 45.4 Å². The lowest BCUT2D eigenvalue weighted by Crippen LogP contribution is -2.37. The van der Waals surface area contributed by atoms with Gasteiger partial charge in [-0.05, 0) is 187 Å². The third kappa shape index (κ3) is 15.8. The van der Waals surface area contributed by atoms with Gasteiger partial charge in [-0.15, -0.1) is 0 Å². The SMILES string of the molecule is Cc1cc(S(=O)(=O)N2CC[C@H](COc3ccnc(CNC(=O)NCCCCNC(=O)NCc4cc(OC[C@H]5CCN(S(=O)(=O)c6ccc(O[C@H]7c8cc(Cl)cc(C#N)c8C[C@@H]7N(C)C)c(C)c6)C5)ccn4)c3)C2)ccc1O[C@H]1c2cc(Cl)cc(C#N)c2C[C@@H]1N(C)C. The number of nitriles is 2. The molecule has 0 unspecified atom stereocenters. The van der Waals surface area contributed by atoms with Gasteiger partial charge in [-0.25, -0.2) is 26.4 Å². The van der Waals surface area contributed by atoms with E-state index in [4.69, 9.17) is 42.1 Å². The summed E-state index contributed by atoms with van der Waals surface area (Å²) in [6.45, 7) is 6.55. The zero-order valence-corrected chi connectivity index (χ0v) is 55.4. The number of unbranched alkanes of at least 4 members (excludes halogenated alkanes) is 1. The molecule has 4 N–H and O–H groups in total. The molecule has 10 rings (SSSR count). The smallest absolute Gasteiger partial charge is 0.315 e. The highest BCUT2D eigenvalue weighted by molar-refractivity contribution is 7.89. The Morgan fingerprint density at radius 1 is 0.598 bits per heavy atom. The fourth-order valence-corrected chi connectivity index (χ4v) is 15.9. The number of urea groups is 2. The van der Waals surface area contributed by atoms with Gasteiger partial charge in [0.05, 0.1) is 82.8 Å². The van der Waals surface area contributed by atoms with Crippen LogP contribution in [0.2, 0.25) is 10.0 Å². The maximum Gasteiger partial charge on any atom is 0.315 e. The van der Waals surface area contributed by atoms with Crippen molar-refractivity contribution in [3.8, 4) is 35.1 Å². The number of aryl methyl sites for hydroxylation is 2. The number of carbonyl (C=O) groups excluding carboxylic acids is 2. The average molecular weight is 1330 g/mol. The Labute approximate surface area is 548 Å². The van der Waals surface area contributed by atoms with Crippen LogP contribution in [0, 0.1) is 48.3 Å². The normalized spacial score (nSPS) is 19.7. The first kappa shape index (κ1) is 67.1. The number of rotatable bonds is 25. The molecule has 6 aromatic rings. The Morgan fingerprint density at radius 3 is 1.39 bits per heavy atom. The molecule has 4 aromatic carbocycles. The number of ether oxygens (including phenoxy) is 4. The van der Waals surface area contributed by atoms with Gasteiger partial charge in [-0.2, -0.15) is 19.1 Å². The van der Waals surface area contributed by atoms with E-state index < -0.39 is 32.3 Å². The predicted molar refractivity (Wildman–Crippen MR) is 347 cm³/mol. The van der Waals surface area contributed by atoms with Crippen molar-refractivity contribution in [2.24, 2.45) is 11.8 Å². The van der Waals surface area contributed by atoms with Crippen molar-refractivity contribution in [1.82, 2.24) is 49.6 Å². The van der Waals surface area contributed by atoms with Gasteiger partial charge in [0.2, 0.25) is 20.0 Å². The minimum atomic E-state index is -3.82. The van der Waals surface area contributed by atoms with Crippen molar-refractivity contribution in [2.75, 3.05) is 80.7 Å². The largest absolute Gasteiger partial charge is 0.493 e. The molecule has 2 saturated heterocycles. The number of aromatic nitrogens is 2. The molecule has 6 atom stereocenters. The van der Waals surface area contributed by atoms with Crippen LogP contribution in [0.5, 0.6) is 23.0 Å². The zero-order chi connectivity index (χ0) is 65.4. The number of halogens is 2. The molecule has 22 nitrogen and oxygen atoms in total. The summed E-state index contributed by atoms with van der Waals surface area (Å²) in [5.74, 6) is 2.09. The van der Waals surface area contributed by atoms with E-state index in [9.17, 15) is 36.9 Å². The second-order valence-electron chi connectivity index (χ2n) is 24.2. The standard InChI is InChI=1S/C66H76Cl2N12O10S2/c1-41-23-53(9-11-61(41)89-63-57-27-47(67)25-45(33-69)55(57)31-59(63)77(3)4)91(83,84)79-21-15-43(37-79)39-87-51-13-19-71-49(29-51)35-75-65(81)73-17-7-8-18-74-66(82)76-36-50-30-52(14-20-72-50)88-40-44-16-22-80(38-44)92(85,86)54-10-12-62(42(2)24-54)90-64-58-28-48(68)26-46(34-70)56(58)32-60(64)78(5)6/h9-14,19-20,23-30,43-44,59-60,63-64H,7-8,15-18,21-22,31-32,35-40H2,1-6H3,(H2,73,75,81)(H2,74,76,82)/t43-,44-,59-,60-,63-,64-/m0/s1. The molecular formula is C66H76Cl2N12O10S2. The topological polar surface area (TPSA) is 274 Å². The first-order chi connectivity index (χ1) is 44.1. The van der Waals surface area contributed by atoms with E-state index in [0.717, 1.165) is 22.3 Å². The van der Waals surface area contributed by atoms with Crippen LogP contribution in [-0.4, -0.2) is 150 Å². The monoisotopic (exact) mass is 1330 g/mol. The number of likely N-dealkylation sites (N-methyl/N-ethyl adjacent to an activating group) is 2. The lowest BCUT2D eigenvalue weighted by Gasteiger charge is -2.28. The highest BCUT2D eigenvalue weighted by Crippen LogP contribution is 2.44. The van der Waals surface area contributed by atoms with E-state index in [0.29, 0.717) is 158 Å². The van der Waals surface area contributed by atoms with E-state index in [1.807, 2.05) is 54.2 Å². The van der Waals surface area contributed by atoms with Crippen molar-refractivity contribution in [2.45, 2.75) is 99.5 Å². The predicted octanol–water partition coefficient (Wildman–Crippen LogP) is 8.61. The summed E-state index contributed by atoms with van der Waals surface area (Å²) in [6.07, 6.45) is 6.06. The second kappa shape index (κ2) is 29.4. The lowest BCUT2D eigenvalue weighted by atomic mass is 10.0. The number of nitrogens with zero attached hydrogens (tertiary/aromatic N) is 8. The number of benzene rings is 4. The minimum absolute atomic E-state index is 0.0491. The minimum Gasteiger partial charge on any atom is -0.493 e. The molecule has 0 spiro atoms. The van der Waals surface area contributed by atoms with Crippen LogP contribution >= 0.6 is 23.2 Å². The van der Waals surface area contributed by atoms with Gasteiger partial charge >= 0.3 is 12.1 Å². The van der Waals surface area contributed by atoms with Crippen LogP contribution < -0.4 is 40.2 Å². The number of fused-ring (bicyclic) bond motifs is 2. The fourth-order valence-electron chi connectivity index (χ4n) is 12.3. The first-order valence-electron chi connectivity index (χ1n) is 30.6. The van der Waals surface area contributed by atoms with E-state index >= 15 is 0 Å². The Hall–Kier alpha value is -7.78. The number of pyridine rings is 2. The van der Waals surface area contributed by atoms with Crippen LogP contribution in [0.4, 0.5) is 9.59 Å². The van der Waals surface area contributed by atoms with E-state index in [1.54, 1.807) is 85.2 Å². The van der Waals surface area contributed by atoms with Crippen LogP contribution in [0.3, 0.4) is 0 Å². The van der Waals surface area contributed by atoms with E-state index in [1.165, 1.54) is 8.61 Å². The molecule has 4 amide bonds. The van der Waals surface area contributed by atoms with Gasteiger partial charge in [-0.3, -0.25) is 9.97 Å². The molecule has 26 heteroatoms. The highest BCUT2D eigenvalue weighted by Gasteiger charge is 2.41. The van der Waals surface area contributed by atoms with Gasteiger partial charge in [0.25, 0.3) is 0 Å². The molecule has 2 fully saturated rings.